The third-order valence-corrected chi connectivity index (χ3v) is 12.8. The lowest BCUT2D eigenvalue weighted by atomic mass is 9.48. The van der Waals surface area contributed by atoms with E-state index in [1.54, 1.807) is 22.6 Å². The van der Waals surface area contributed by atoms with E-state index in [1.165, 1.54) is 30.3 Å². The van der Waals surface area contributed by atoms with E-state index in [2.05, 4.69) is 12.2 Å². The Morgan fingerprint density at radius 2 is 1.22 bits per heavy atom. The number of carbonyl (C=O) groups is 3. The molecule has 11 nitrogen and oxygen atoms in total. The number of esters is 2. The third-order valence-electron chi connectivity index (χ3n) is 9.07. The van der Waals surface area contributed by atoms with Gasteiger partial charge in [0.15, 0.2) is 0 Å². The van der Waals surface area contributed by atoms with E-state index in [-0.39, 0.29) is 64.1 Å². The second-order valence-electron chi connectivity index (χ2n) is 11.8. The van der Waals surface area contributed by atoms with Gasteiger partial charge in [-0.05, 0) is 121 Å². The Hall–Kier alpha value is -2.75. The van der Waals surface area contributed by atoms with Gasteiger partial charge in [0.1, 0.15) is 42.8 Å². The van der Waals surface area contributed by atoms with Crippen molar-refractivity contribution in [1.82, 2.24) is 0 Å². The van der Waals surface area contributed by atoms with Crippen molar-refractivity contribution in [2.75, 3.05) is 26.4 Å². The molecular formula is C35H29I3O11S. The first kappa shape index (κ1) is 37.0. The molecule has 0 saturated heterocycles. The SMILES string of the molecule is O=C(O)c1cc(I)c(OCCOC(=O)C2C(C(=O)OCCOc3ccc(S(=O)(=O)O)c(I)c3)C3c4ccccc4C2C2C=CC=CC23)c(I)c1. The van der Waals surface area contributed by atoms with Crippen molar-refractivity contribution in [2.24, 2.45) is 23.7 Å². The number of halogens is 3. The first-order valence-electron chi connectivity index (χ1n) is 15.4. The van der Waals surface area contributed by atoms with Crippen molar-refractivity contribution in [3.05, 3.63) is 106 Å². The minimum atomic E-state index is -4.38. The van der Waals surface area contributed by atoms with E-state index in [9.17, 15) is 32.5 Å². The molecule has 3 aromatic rings. The number of ether oxygens (including phenoxy) is 4. The van der Waals surface area contributed by atoms with Crippen molar-refractivity contribution in [3.8, 4) is 11.5 Å². The molecule has 50 heavy (non-hydrogen) atoms. The molecule has 6 unspecified atom stereocenters. The van der Waals surface area contributed by atoms with Gasteiger partial charge in [0.25, 0.3) is 10.1 Å². The van der Waals surface area contributed by atoms with E-state index in [1.807, 2.05) is 81.6 Å². The normalized spacial score (nSPS) is 23.0. The summed E-state index contributed by atoms with van der Waals surface area (Å²) < 4.78 is 57.0. The average Bonchev–Trinajstić information content (AvgIpc) is 3.08. The van der Waals surface area contributed by atoms with Gasteiger partial charge >= 0.3 is 17.9 Å². The van der Waals surface area contributed by atoms with E-state index in [4.69, 9.17) is 18.9 Å². The van der Waals surface area contributed by atoms with Crippen LogP contribution in [0.15, 0.2) is 83.8 Å². The molecule has 6 atom stereocenters. The summed E-state index contributed by atoms with van der Waals surface area (Å²) in [6.07, 6.45) is 8.11. The highest BCUT2D eigenvalue weighted by atomic mass is 127. The molecule has 3 aromatic carbocycles. The summed E-state index contributed by atoms with van der Waals surface area (Å²) in [5, 5.41) is 9.33. The molecule has 0 heterocycles. The molecule has 0 amide bonds. The topological polar surface area (TPSA) is 163 Å². The Morgan fingerprint density at radius 3 is 1.70 bits per heavy atom. The quantitative estimate of drug-likeness (QED) is 0.0885. The highest BCUT2D eigenvalue weighted by Gasteiger charge is 2.60. The highest BCUT2D eigenvalue weighted by molar-refractivity contribution is 14.1. The van der Waals surface area contributed by atoms with E-state index < -0.39 is 39.9 Å². The maximum atomic E-state index is 14.0. The van der Waals surface area contributed by atoms with Gasteiger partial charge in [0.2, 0.25) is 0 Å². The minimum absolute atomic E-state index is 0.0207. The molecule has 0 aromatic heterocycles. The molecule has 0 aliphatic heterocycles. The van der Waals surface area contributed by atoms with Crippen molar-refractivity contribution < 1.29 is 51.4 Å². The van der Waals surface area contributed by atoms with Crippen molar-refractivity contribution in [1.29, 1.82) is 0 Å². The average molecular weight is 1040 g/mol. The lowest BCUT2D eigenvalue weighted by molar-refractivity contribution is -0.169. The standard InChI is InChI=1S/C35H29I3O11S/c36-24-17-19(9-10-27(24)50(43,44)45)46-11-13-48-34(41)30-28-20-5-1-3-7-22(20)29(23-8-4-2-6-21(23)28)31(30)35(42)49-14-12-47-32-25(37)15-18(33(39)40)16-26(32)38/h1-10,15-17,20,22,28-31H,11-14H2,(H,39,40)(H,43,44,45). The van der Waals surface area contributed by atoms with E-state index >= 15 is 0 Å². The number of aromatic carboxylic acids is 1. The van der Waals surface area contributed by atoms with Gasteiger partial charge in [0, 0.05) is 15.4 Å². The van der Waals surface area contributed by atoms with Gasteiger partial charge in [-0.25, -0.2) is 4.79 Å². The summed E-state index contributed by atoms with van der Waals surface area (Å²) in [4.78, 5) is 39.2. The lowest BCUT2D eigenvalue weighted by Crippen LogP contribution is -2.54. The Kier molecular flexibility index (Phi) is 11.5. The third kappa shape index (κ3) is 7.56. The largest absolute Gasteiger partial charge is 0.490 e. The Morgan fingerprint density at radius 1 is 0.700 bits per heavy atom. The lowest BCUT2D eigenvalue weighted by Gasteiger charge is -2.54. The molecule has 2 N–H and O–H groups in total. The number of hydrogen-bond donors (Lipinski definition) is 2. The van der Waals surface area contributed by atoms with Crippen LogP contribution < -0.4 is 9.47 Å². The molecule has 15 heteroatoms. The van der Waals surface area contributed by atoms with E-state index in [0.29, 0.717) is 18.6 Å². The summed E-state index contributed by atoms with van der Waals surface area (Å²) in [7, 11) is -4.38. The molecule has 0 spiro atoms. The second kappa shape index (κ2) is 15.5. The molecule has 0 radical (unpaired) electrons. The summed E-state index contributed by atoms with van der Waals surface area (Å²) in [5.74, 6) is -3.68. The number of rotatable bonds is 12. The molecule has 1 saturated carbocycles. The molecular weight excluding hydrogens is 1010 g/mol. The predicted molar refractivity (Wildman–Crippen MR) is 205 cm³/mol. The number of fused-ring (bicyclic) bond motifs is 1. The van der Waals surface area contributed by atoms with Crippen LogP contribution in [-0.2, 0) is 29.2 Å². The highest BCUT2D eigenvalue weighted by Crippen LogP contribution is 2.62. The summed E-state index contributed by atoms with van der Waals surface area (Å²) in [6.45, 7) is -0.221. The number of carboxylic acids is 1. The molecule has 2 bridgehead atoms. The van der Waals surface area contributed by atoms with E-state index in [0.717, 1.165) is 11.1 Å². The summed E-state index contributed by atoms with van der Waals surface area (Å²) in [6, 6.07) is 15.0. The number of carboxylic acid groups (broad SMARTS) is 1. The molecule has 7 rings (SSSR count). The molecule has 4 aliphatic rings. The van der Waals surface area contributed by atoms with Crippen LogP contribution in [0.5, 0.6) is 11.5 Å². The summed E-state index contributed by atoms with van der Waals surface area (Å²) >= 11 is 5.79. The number of hydrogen-bond acceptors (Lipinski definition) is 9. The number of carbonyl (C=O) groups excluding carboxylic acids is 2. The Bertz CT molecular complexity index is 1990. The zero-order valence-electron chi connectivity index (χ0n) is 25.9. The maximum absolute atomic E-state index is 14.0. The zero-order valence-corrected chi connectivity index (χ0v) is 33.2. The molecule has 262 valence electrons. The fraction of sp³-hybridized carbons (Fsp3) is 0.286. The fourth-order valence-corrected chi connectivity index (χ4v) is 11.1. The van der Waals surface area contributed by atoms with Gasteiger partial charge in [-0.3, -0.25) is 14.1 Å². The van der Waals surface area contributed by atoms with Crippen molar-refractivity contribution in [2.45, 2.75) is 16.7 Å². The van der Waals surface area contributed by atoms with Gasteiger partial charge < -0.3 is 24.1 Å². The fourth-order valence-electron chi connectivity index (χ4n) is 7.17. The molecule has 4 aliphatic carbocycles. The van der Waals surface area contributed by atoms with Crippen LogP contribution in [0.1, 0.15) is 33.3 Å². The summed E-state index contributed by atoms with van der Waals surface area (Å²) in [5.41, 5.74) is 2.16. The first-order valence-corrected chi connectivity index (χ1v) is 20.1. The van der Waals surface area contributed by atoms with Gasteiger partial charge in [-0.15, -0.1) is 0 Å². The number of allylic oxidation sites excluding steroid dienone is 4. The maximum Gasteiger partial charge on any atom is 0.335 e. The minimum Gasteiger partial charge on any atom is -0.490 e. The van der Waals surface area contributed by atoms with Crippen LogP contribution in [0, 0.1) is 34.4 Å². The second-order valence-corrected chi connectivity index (χ2v) is 16.7. The first-order chi connectivity index (χ1) is 23.9. The Balaban J connectivity index is 1.17. The Labute approximate surface area is 329 Å². The van der Waals surface area contributed by atoms with Crippen LogP contribution in [-0.4, -0.2) is 62.4 Å². The molecule has 1 fully saturated rings. The van der Waals surface area contributed by atoms with Crippen LogP contribution in [0.25, 0.3) is 0 Å². The van der Waals surface area contributed by atoms with Crippen LogP contribution in [0.3, 0.4) is 0 Å². The van der Waals surface area contributed by atoms with Crippen LogP contribution >= 0.6 is 67.8 Å². The van der Waals surface area contributed by atoms with Gasteiger partial charge in [-0.2, -0.15) is 8.42 Å². The predicted octanol–water partition coefficient (Wildman–Crippen LogP) is 6.47. The monoisotopic (exact) mass is 1040 g/mol. The zero-order chi connectivity index (χ0) is 35.7. The van der Waals surface area contributed by atoms with Gasteiger partial charge in [-0.1, -0.05) is 48.6 Å². The van der Waals surface area contributed by atoms with Crippen molar-refractivity contribution in [3.63, 3.8) is 0 Å². The van der Waals surface area contributed by atoms with Crippen LogP contribution in [0.2, 0.25) is 0 Å². The van der Waals surface area contributed by atoms with Crippen molar-refractivity contribution >= 4 is 95.8 Å². The van der Waals surface area contributed by atoms with Gasteiger partial charge in [0.05, 0.1) is 24.5 Å². The number of benzene rings is 3. The van der Waals surface area contributed by atoms with Crippen LogP contribution in [0.4, 0.5) is 0 Å². The smallest absolute Gasteiger partial charge is 0.335 e.